The fourth-order valence-corrected chi connectivity index (χ4v) is 3.66. The average Bonchev–Trinajstić information content (AvgIpc) is 3.13. The van der Waals surface area contributed by atoms with Gasteiger partial charge in [-0.25, -0.2) is 11.0 Å². The Bertz CT molecular complexity index is 932. The Balaban J connectivity index is 0.000000837. The number of pyridine rings is 1. The van der Waals surface area contributed by atoms with Gasteiger partial charge in [-0.1, -0.05) is 31.7 Å². The van der Waals surface area contributed by atoms with Crippen molar-refractivity contribution in [2.75, 3.05) is 32.1 Å². The number of aryl methyl sites for hydroxylation is 1. The van der Waals surface area contributed by atoms with E-state index in [0.717, 1.165) is 37.1 Å². The van der Waals surface area contributed by atoms with Crippen LogP contribution >= 0.6 is 0 Å². The Morgan fingerprint density at radius 2 is 2.03 bits per heavy atom. The third-order valence-electron chi connectivity index (χ3n) is 5.24. The summed E-state index contributed by atoms with van der Waals surface area (Å²) in [5.41, 5.74) is 12.3. The number of hydrazine groups is 1. The summed E-state index contributed by atoms with van der Waals surface area (Å²) in [6.07, 6.45) is 5.80. The Morgan fingerprint density at radius 3 is 2.56 bits per heavy atom. The van der Waals surface area contributed by atoms with Crippen molar-refractivity contribution in [3.05, 3.63) is 72.7 Å². The van der Waals surface area contributed by atoms with Crippen molar-refractivity contribution in [3.63, 3.8) is 0 Å². The zero-order valence-corrected chi connectivity index (χ0v) is 19.8. The molecule has 1 aromatic carbocycles. The molecule has 2 heterocycles. The van der Waals surface area contributed by atoms with Crippen LogP contribution in [0.5, 0.6) is 0 Å². The van der Waals surface area contributed by atoms with Crippen molar-refractivity contribution in [2.24, 2.45) is 22.6 Å². The van der Waals surface area contributed by atoms with Gasteiger partial charge in [0.05, 0.1) is 0 Å². The lowest BCUT2D eigenvalue weighted by molar-refractivity contribution is 0.371. The molecule has 1 saturated heterocycles. The van der Waals surface area contributed by atoms with E-state index in [9.17, 15) is 0 Å². The van der Waals surface area contributed by atoms with Crippen LogP contribution in [-0.4, -0.2) is 43.1 Å². The Kier molecular flexibility index (Phi) is 9.43. The highest BCUT2D eigenvalue weighted by Gasteiger charge is 2.26. The topological polar surface area (TPSA) is 95.8 Å². The largest absolute Gasteiger partial charge is 0.380 e. The van der Waals surface area contributed by atoms with Gasteiger partial charge in [-0.15, -0.1) is 11.7 Å². The summed E-state index contributed by atoms with van der Waals surface area (Å²) in [6, 6.07) is 10.3. The van der Waals surface area contributed by atoms with Gasteiger partial charge in [0.2, 0.25) is 0 Å². The minimum atomic E-state index is 0.284. The molecule has 0 aliphatic carbocycles. The number of nitrogens with one attached hydrogen (secondary N) is 1. The lowest BCUT2D eigenvalue weighted by Crippen LogP contribution is -2.26. The molecule has 7 nitrogen and oxygen atoms in total. The van der Waals surface area contributed by atoms with Gasteiger partial charge in [-0.05, 0) is 68.6 Å². The SMILES string of the molecule is C=C1CC(CNC)CN1c1ccc(-c2ccc(/C(N)=N/N(C)N)nc2)cc1C.C=CCC. The van der Waals surface area contributed by atoms with Crippen molar-refractivity contribution in [2.45, 2.75) is 26.7 Å². The van der Waals surface area contributed by atoms with E-state index in [4.69, 9.17) is 11.6 Å². The van der Waals surface area contributed by atoms with Crippen molar-refractivity contribution in [1.29, 1.82) is 0 Å². The lowest BCUT2D eigenvalue weighted by atomic mass is 10.0. The first-order valence-electron chi connectivity index (χ1n) is 10.9. The van der Waals surface area contributed by atoms with E-state index >= 15 is 0 Å². The van der Waals surface area contributed by atoms with Gasteiger partial charge in [-0.3, -0.25) is 4.98 Å². The Labute approximate surface area is 192 Å². The highest BCUT2D eigenvalue weighted by atomic mass is 15.6. The number of benzene rings is 1. The predicted octanol–water partition coefficient (Wildman–Crippen LogP) is 3.62. The van der Waals surface area contributed by atoms with Gasteiger partial charge in [0.25, 0.3) is 0 Å². The molecule has 0 saturated carbocycles. The number of amidine groups is 1. The van der Waals surface area contributed by atoms with E-state index in [1.807, 2.05) is 25.3 Å². The van der Waals surface area contributed by atoms with Crippen LogP contribution < -0.4 is 21.8 Å². The Morgan fingerprint density at radius 1 is 1.34 bits per heavy atom. The van der Waals surface area contributed by atoms with Crippen LogP contribution in [-0.2, 0) is 0 Å². The number of nitrogens with zero attached hydrogens (tertiary/aromatic N) is 4. The normalized spacial score (nSPS) is 15.9. The van der Waals surface area contributed by atoms with E-state index in [1.54, 1.807) is 13.2 Å². The maximum Gasteiger partial charge on any atom is 0.171 e. The van der Waals surface area contributed by atoms with Gasteiger partial charge in [-0.2, -0.15) is 0 Å². The van der Waals surface area contributed by atoms with E-state index in [2.05, 4.69) is 65.5 Å². The molecule has 2 aromatic rings. The second kappa shape index (κ2) is 12.0. The number of hydrogen-bond acceptors (Lipinski definition) is 6. The molecular weight excluding hydrogens is 398 g/mol. The molecule has 1 unspecified atom stereocenters. The average molecular weight is 436 g/mol. The number of hydrazone groups is 1. The number of nitrogens with two attached hydrogens (primary N) is 2. The highest BCUT2D eigenvalue weighted by Crippen LogP contribution is 2.34. The molecule has 0 spiro atoms. The fraction of sp³-hybridized carbons (Fsp3) is 0.360. The number of rotatable bonds is 7. The van der Waals surface area contributed by atoms with Crippen molar-refractivity contribution < 1.29 is 0 Å². The van der Waals surface area contributed by atoms with Gasteiger partial charge in [0.15, 0.2) is 5.84 Å². The molecule has 172 valence electrons. The molecule has 1 aromatic heterocycles. The second-order valence-electron chi connectivity index (χ2n) is 7.99. The lowest BCUT2D eigenvalue weighted by Gasteiger charge is -2.23. The Hall–Kier alpha value is -3.16. The smallest absolute Gasteiger partial charge is 0.171 e. The molecule has 7 heteroatoms. The molecule has 1 aliphatic rings. The van der Waals surface area contributed by atoms with Crippen LogP contribution in [0.2, 0.25) is 0 Å². The number of allylic oxidation sites excluding steroid dienone is 2. The summed E-state index contributed by atoms with van der Waals surface area (Å²) in [5.74, 6) is 6.38. The third-order valence-corrected chi connectivity index (χ3v) is 5.24. The molecule has 1 aliphatic heterocycles. The first kappa shape index (κ1) is 25.1. The number of anilines is 1. The summed E-state index contributed by atoms with van der Waals surface area (Å²) in [7, 11) is 3.61. The van der Waals surface area contributed by atoms with Crippen LogP contribution in [0, 0.1) is 12.8 Å². The predicted molar refractivity (Wildman–Crippen MR) is 136 cm³/mol. The zero-order valence-electron chi connectivity index (χ0n) is 19.8. The summed E-state index contributed by atoms with van der Waals surface area (Å²) in [4.78, 5) is 6.75. The fourth-order valence-electron chi connectivity index (χ4n) is 3.66. The molecular formula is C25H37N7. The van der Waals surface area contributed by atoms with Crippen LogP contribution in [0.1, 0.15) is 31.0 Å². The molecule has 3 rings (SSSR count). The maximum absolute atomic E-state index is 5.89. The van der Waals surface area contributed by atoms with Crippen LogP contribution in [0.3, 0.4) is 0 Å². The quantitative estimate of drug-likeness (QED) is 0.202. The van der Waals surface area contributed by atoms with Gasteiger partial charge in [0.1, 0.15) is 5.69 Å². The zero-order chi connectivity index (χ0) is 23.7. The molecule has 5 N–H and O–H groups in total. The van der Waals surface area contributed by atoms with Crippen LogP contribution in [0.15, 0.2) is 66.6 Å². The van der Waals surface area contributed by atoms with Crippen LogP contribution in [0.4, 0.5) is 5.69 Å². The van der Waals surface area contributed by atoms with Gasteiger partial charge < -0.3 is 16.0 Å². The monoisotopic (exact) mass is 435 g/mol. The minimum Gasteiger partial charge on any atom is -0.380 e. The van der Waals surface area contributed by atoms with Crippen molar-refractivity contribution >= 4 is 11.5 Å². The van der Waals surface area contributed by atoms with Crippen molar-refractivity contribution in [3.8, 4) is 11.1 Å². The molecule has 1 atom stereocenters. The van der Waals surface area contributed by atoms with E-state index < -0.39 is 0 Å². The van der Waals surface area contributed by atoms with Crippen LogP contribution in [0.25, 0.3) is 11.1 Å². The highest BCUT2D eigenvalue weighted by molar-refractivity contribution is 5.95. The molecule has 0 radical (unpaired) electrons. The summed E-state index contributed by atoms with van der Waals surface area (Å²) in [5, 5.41) is 8.41. The van der Waals surface area contributed by atoms with E-state index in [1.165, 1.54) is 22.1 Å². The molecule has 0 bridgehead atoms. The molecule has 1 fully saturated rings. The third kappa shape index (κ3) is 6.67. The molecule has 32 heavy (non-hydrogen) atoms. The number of hydrogen-bond donors (Lipinski definition) is 3. The summed E-state index contributed by atoms with van der Waals surface area (Å²) >= 11 is 0. The minimum absolute atomic E-state index is 0.284. The standard InChI is InChI=1S/C21H29N7.C4H8/c1-14-9-17(18-5-7-19(25-12-18)21(22)26-27(4)23)6-8-20(14)28-13-16(11-24-3)10-15(28)2;1-3-4-2/h5-9,12,16,24H,2,10-11,13,23H2,1,3-4H3,(H2,22,26);3H,1,4H2,2H3. The van der Waals surface area contributed by atoms with E-state index in [-0.39, 0.29) is 5.84 Å². The summed E-state index contributed by atoms with van der Waals surface area (Å²) < 4.78 is 0. The van der Waals surface area contributed by atoms with E-state index in [0.29, 0.717) is 11.6 Å². The first-order valence-corrected chi connectivity index (χ1v) is 10.9. The molecule has 0 amide bonds. The van der Waals surface area contributed by atoms with Gasteiger partial charge >= 0.3 is 0 Å². The van der Waals surface area contributed by atoms with Crippen molar-refractivity contribution in [1.82, 2.24) is 15.4 Å². The first-order chi connectivity index (χ1) is 15.3. The maximum atomic E-state index is 5.89. The second-order valence-corrected chi connectivity index (χ2v) is 7.99. The summed E-state index contributed by atoms with van der Waals surface area (Å²) in [6.45, 7) is 14.0. The number of aromatic nitrogens is 1. The van der Waals surface area contributed by atoms with Gasteiger partial charge in [0, 0.05) is 36.7 Å².